The summed E-state index contributed by atoms with van der Waals surface area (Å²) in [4.78, 5) is 34.1. The van der Waals surface area contributed by atoms with E-state index >= 15 is 0 Å². The molecule has 0 aliphatic rings. The second kappa shape index (κ2) is 9.27. The number of rotatable bonds is 8. The summed E-state index contributed by atoms with van der Waals surface area (Å²) in [7, 11) is 0. The van der Waals surface area contributed by atoms with Crippen LogP contribution in [0.5, 0.6) is 0 Å². The van der Waals surface area contributed by atoms with E-state index in [2.05, 4.69) is 15.7 Å². The van der Waals surface area contributed by atoms with Crippen LogP contribution < -0.4 is 10.6 Å². The van der Waals surface area contributed by atoms with Gasteiger partial charge in [0.15, 0.2) is 0 Å². The maximum atomic E-state index is 12.0. The summed E-state index contributed by atoms with van der Waals surface area (Å²) in [6.07, 6.45) is 4.23. The standard InChI is InChI=1S/C20H19N5O4/c26-19(13-22-20(27)16-5-4-8-18(11-16)25(28)29)21-10-9-15-12-23-24(14-15)17-6-2-1-3-7-17/h1-8,11-12,14H,9-10,13H2,(H,21,26)(H,22,27). The minimum atomic E-state index is -0.580. The zero-order valence-electron chi connectivity index (χ0n) is 15.4. The Morgan fingerprint density at radius 3 is 2.62 bits per heavy atom. The van der Waals surface area contributed by atoms with Crippen LogP contribution in [-0.4, -0.2) is 39.6 Å². The summed E-state index contributed by atoms with van der Waals surface area (Å²) < 4.78 is 1.76. The van der Waals surface area contributed by atoms with Gasteiger partial charge >= 0.3 is 0 Å². The van der Waals surface area contributed by atoms with Gasteiger partial charge in [-0.2, -0.15) is 5.10 Å². The van der Waals surface area contributed by atoms with Gasteiger partial charge in [-0.15, -0.1) is 0 Å². The van der Waals surface area contributed by atoms with E-state index < -0.39 is 10.8 Å². The maximum Gasteiger partial charge on any atom is 0.270 e. The highest BCUT2D eigenvalue weighted by Crippen LogP contribution is 2.12. The Balaban J connectivity index is 1.42. The van der Waals surface area contributed by atoms with Crippen LogP contribution in [0.3, 0.4) is 0 Å². The number of hydrogen-bond donors (Lipinski definition) is 2. The molecule has 0 saturated carbocycles. The van der Waals surface area contributed by atoms with Crippen LogP contribution in [0.2, 0.25) is 0 Å². The van der Waals surface area contributed by atoms with E-state index in [9.17, 15) is 19.7 Å². The summed E-state index contributed by atoms with van der Waals surface area (Å²) in [6, 6.07) is 15.0. The molecule has 1 aromatic heterocycles. The maximum absolute atomic E-state index is 12.0. The summed E-state index contributed by atoms with van der Waals surface area (Å²) >= 11 is 0. The number of nitro groups is 1. The monoisotopic (exact) mass is 393 g/mol. The molecule has 0 unspecified atom stereocenters. The minimum Gasteiger partial charge on any atom is -0.354 e. The number of nitrogens with one attached hydrogen (secondary N) is 2. The molecule has 2 amide bonds. The first-order valence-electron chi connectivity index (χ1n) is 8.91. The molecule has 3 rings (SSSR count). The van der Waals surface area contributed by atoms with E-state index in [1.165, 1.54) is 18.2 Å². The number of para-hydroxylation sites is 1. The number of carbonyl (C=O) groups is 2. The minimum absolute atomic E-state index is 0.125. The van der Waals surface area contributed by atoms with Crippen molar-refractivity contribution in [3.63, 3.8) is 0 Å². The zero-order chi connectivity index (χ0) is 20.6. The lowest BCUT2D eigenvalue weighted by Gasteiger charge is -2.06. The van der Waals surface area contributed by atoms with Crippen molar-refractivity contribution in [1.29, 1.82) is 0 Å². The number of benzene rings is 2. The number of carbonyl (C=O) groups excluding carboxylic acids is 2. The molecule has 2 N–H and O–H groups in total. The molecular formula is C20H19N5O4. The third kappa shape index (κ3) is 5.48. The molecule has 9 nitrogen and oxygen atoms in total. The highest BCUT2D eigenvalue weighted by atomic mass is 16.6. The van der Waals surface area contributed by atoms with E-state index in [1.807, 2.05) is 36.5 Å². The molecule has 0 bridgehead atoms. The molecule has 3 aromatic rings. The average Bonchev–Trinajstić information content (AvgIpc) is 3.21. The number of nitro benzene ring substituents is 1. The second-order valence-corrected chi connectivity index (χ2v) is 6.22. The molecule has 0 spiro atoms. The smallest absolute Gasteiger partial charge is 0.270 e. The van der Waals surface area contributed by atoms with E-state index in [1.54, 1.807) is 10.9 Å². The van der Waals surface area contributed by atoms with Crippen molar-refractivity contribution in [3.8, 4) is 5.69 Å². The molecule has 1 heterocycles. The van der Waals surface area contributed by atoms with Crippen molar-refractivity contribution < 1.29 is 14.5 Å². The Morgan fingerprint density at radius 1 is 1.07 bits per heavy atom. The van der Waals surface area contributed by atoms with E-state index in [0.717, 1.165) is 17.3 Å². The van der Waals surface area contributed by atoms with Gasteiger partial charge in [0, 0.05) is 30.4 Å². The molecule has 148 valence electrons. The highest BCUT2D eigenvalue weighted by Gasteiger charge is 2.12. The van der Waals surface area contributed by atoms with Crippen LogP contribution in [0.15, 0.2) is 67.0 Å². The fraction of sp³-hybridized carbons (Fsp3) is 0.150. The first-order chi connectivity index (χ1) is 14.0. The van der Waals surface area contributed by atoms with Gasteiger partial charge < -0.3 is 10.6 Å². The van der Waals surface area contributed by atoms with Crippen molar-refractivity contribution in [2.45, 2.75) is 6.42 Å². The molecule has 0 radical (unpaired) electrons. The normalized spacial score (nSPS) is 10.3. The summed E-state index contributed by atoms with van der Waals surface area (Å²) in [6.45, 7) is 0.177. The third-order valence-electron chi connectivity index (χ3n) is 4.12. The van der Waals surface area contributed by atoms with Gasteiger partial charge in [0.2, 0.25) is 5.91 Å². The number of hydrogen-bond acceptors (Lipinski definition) is 5. The van der Waals surface area contributed by atoms with Crippen molar-refractivity contribution in [3.05, 3.63) is 88.2 Å². The van der Waals surface area contributed by atoms with Crippen molar-refractivity contribution in [1.82, 2.24) is 20.4 Å². The third-order valence-corrected chi connectivity index (χ3v) is 4.12. The lowest BCUT2D eigenvalue weighted by Crippen LogP contribution is -2.37. The van der Waals surface area contributed by atoms with Gasteiger partial charge in [0.05, 0.1) is 23.4 Å². The molecule has 9 heteroatoms. The van der Waals surface area contributed by atoms with Crippen molar-refractivity contribution in [2.24, 2.45) is 0 Å². The van der Waals surface area contributed by atoms with Crippen LogP contribution >= 0.6 is 0 Å². The van der Waals surface area contributed by atoms with Crippen LogP contribution in [0.4, 0.5) is 5.69 Å². The van der Waals surface area contributed by atoms with Crippen LogP contribution in [0.25, 0.3) is 5.69 Å². The Hall–Kier alpha value is -4.01. The Morgan fingerprint density at radius 2 is 1.86 bits per heavy atom. The van der Waals surface area contributed by atoms with Gasteiger partial charge in [0.1, 0.15) is 0 Å². The molecule has 29 heavy (non-hydrogen) atoms. The van der Waals surface area contributed by atoms with E-state index in [4.69, 9.17) is 0 Å². The first-order valence-corrected chi connectivity index (χ1v) is 8.91. The molecular weight excluding hydrogens is 374 g/mol. The number of amides is 2. The van der Waals surface area contributed by atoms with Gasteiger partial charge in [0.25, 0.3) is 11.6 Å². The molecule has 0 atom stereocenters. The molecule has 2 aromatic carbocycles. The highest BCUT2D eigenvalue weighted by molar-refractivity contribution is 5.96. The zero-order valence-corrected chi connectivity index (χ0v) is 15.4. The Bertz CT molecular complexity index is 1020. The largest absolute Gasteiger partial charge is 0.354 e. The molecule has 0 fully saturated rings. The number of nitrogens with zero attached hydrogens (tertiary/aromatic N) is 3. The fourth-order valence-corrected chi connectivity index (χ4v) is 2.64. The van der Waals surface area contributed by atoms with E-state index in [0.29, 0.717) is 13.0 Å². The SMILES string of the molecule is O=C(CNC(=O)c1cccc([N+](=O)[O-])c1)NCCc1cnn(-c2ccccc2)c1. The summed E-state index contributed by atoms with van der Waals surface area (Å²) in [5.74, 6) is -0.896. The lowest BCUT2D eigenvalue weighted by molar-refractivity contribution is -0.384. The molecule has 0 aliphatic carbocycles. The van der Waals surface area contributed by atoms with Gasteiger partial charge in [-0.05, 0) is 30.2 Å². The number of non-ortho nitro benzene ring substituents is 1. The molecule has 0 aliphatic heterocycles. The Kier molecular flexibility index (Phi) is 6.31. The van der Waals surface area contributed by atoms with Gasteiger partial charge in [-0.25, -0.2) is 4.68 Å². The predicted molar refractivity (Wildman–Crippen MR) is 106 cm³/mol. The van der Waals surface area contributed by atoms with Crippen molar-refractivity contribution >= 4 is 17.5 Å². The summed E-state index contributed by atoms with van der Waals surface area (Å²) in [5.41, 5.74) is 1.86. The van der Waals surface area contributed by atoms with E-state index in [-0.39, 0.29) is 23.7 Å². The van der Waals surface area contributed by atoms with Crippen LogP contribution in [0, 0.1) is 10.1 Å². The first kappa shape index (κ1) is 19.7. The lowest BCUT2D eigenvalue weighted by atomic mass is 10.2. The van der Waals surface area contributed by atoms with Crippen LogP contribution in [0.1, 0.15) is 15.9 Å². The topological polar surface area (TPSA) is 119 Å². The quantitative estimate of drug-likeness (QED) is 0.447. The van der Waals surface area contributed by atoms with Gasteiger partial charge in [-0.1, -0.05) is 24.3 Å². The predicted octanol–water partition coefficient (Wildman–Crippen LogP) is 1.87. The number of aromatic nitrogens is 2. The average molecular weight is 393 g/mol. The fourth-order valence-electron chi connectivity index (χ4n) is 2.64. The Labute approximate surface area is 166 Å². The van der Waals surface area contributed by atoms with Crippen molar-refractivity contribution in [2.75, 3.05) is 13.1 Å². The van der Waals surface area contributed by atoms with Gasteiger partial charge in [-0.3, -0.25) is 19.7 Å². The van der Waals surface area contributed by atoms with Crippen LogP contribution in [-0.2, 0) is 11.2 Å². The second-order valence-electron chi connectivity index (χ2n) is 6.22. The summed E-state index contributed by atoms with van der Waals surface area (Å²) in [5, 5.41) is 20.2. The molecule has 0 saturated heterocycles.